The number of phenols is 1. The second kappa shape index (κ2) is 4.09. The number of halogens is 1. The number of thioether (sulfide) groups is 1. The van der Waals surface area contributed by atoms with Crippen molar-refractivity contribution in [1.82, 2.24) is 0 Å². The Hall–Kier alpha value is -0.900. The minimum Gasteiger partial charge on any atom is -0.505 e. The van der Waals surface area contributed by atoms with Gasteiger partial charge in [0.05, 0.1) is 0 Å². The quantitative estimate of drug-likeness (QED) is 0.820. The molecule has 1 aliphatic rings. The molecule has 0 amide bonds. The molecule has 0 saturated carbocycles. The monoisotopic (exact) mass is 214 g/mol. The zero-order valence-corrected chi connectivity index (χ0v) is 8.39. The summed E-state index contributed by atoms with van der Waals surface area (Å²) in [5.41, 5.74) is 0.138. The molecule has 1 atom stereocenters. The highest BCUT2D eigenvalue weighted by Gasteiger charge is 2.17. The van der Waals surface area contributed by atoms with E-state index in [-0.39, 0.29) is 11.2 Å². The van der Waals surface area contributed by atoms with Crippen molar-refractivity contribution < 1.29 is 14.2 Å². The molecule has 76 valence electrons. The Balaban J connectivity index is 2.05. The fourth-order valence-corrected chi connectivity index (χ4v) is 2.46. The van der Waals surface area contributed by atoms with Crippen LogP contribution in [0.3, 0.4) is 0 Å². The third-order valence-corrected chi connectivity index (χ3v) is 3.30. The van der Waals surface area contributed by atoms with Gasteiger partial charge in [0.25, 0.3) is 0 Å². The smallest absolute Gasteiger partial charge is 0.168 e. The van der Waals surface area contributed by atoms with Gasteiger partial charge in [-0.15, -0.1) is 11.8 Å². The van der Waals surface area contributed by atoms with Crippen molar-refractivity contribution in [1.29, 1.82) is 0 Å². The lowest BCUT2D eigenvalue weighted by Gasteiger charge is -2.12. The molecule has 1 heterocycles. The average Bonchev–Trinajstić information content (AvgIpc) is 2.64. The molecular formula is C10H11FO2S. The van der Waals surface area contributed by atoms with Gasteiger partial charge >= 0.3 is 0 Å². The van der Waals surface area contributed by atoms with Gasteiger partial charge in [-0.25, -0.2) is 4.39 Å². The maximum absolute atomic E-state index is 12.9. The van der Waals surface area contributed by atoms with E-state index >= 15 is 0 Å². The van der Waals surface area contributed by atoms with Crippen molar-refractivity contribution in [3.8, 4) is 11.5 Å². The average molecular weight is 214 g/mol. The van der Waals surface area contributed by atoms with E-state index in [1.165, 1.54) is 12.1 Å². The van der Waals surface area contributed by atoms with Crippen molar-refractivity contribution in [2.75, 3.05) is 5.75 Å². The van der Waals surface area contributed by atoms with Crippen molar-refractivity contribution >= 4 is 11.8 Å². The molecule has 4 heteroatoms. The molecule has 0 spiro atoms. The van der Waals surface area contributed by atoms with Gasteiger partial charge in [-0.05, 0) is 30.7 Å². The number of hydrogen-bond donors (Lipinski definition) is 1. The SMILES string of the molecule is Oc1ccc(OC2CCCS2)cc1F. The maximum atomic E-state index is 12.9. The first kappa shape index (κ1) is 9.65. The molecule has 1 N–H and O–H groups in total. The van der Waals surface area contributed by atoms with E-state index < -0.39 is 5.82 Å². The van der Waals surface area contributed by atoms with Crippen LogP contribution in [0.4, 0.5) is 4.39 Å². The number of benzene rings is 1. The highest BCUT2D eigenvalue weighted by molar-refractivity contribution is 8.00. The van der Waals surface area contributed by atoms with Gasteiger partial charge in [0.2, 0.25) is 0 Å². The molecule has 1 saturated heterocycles. The van der Waals surface area contributed by atoms with Crippen LogP contribution in [0.15, 0.2) is 18.2 Å². The molecule has 0 radical (unpaired) electrons. The Bertz CT molecular complexity index is 324. The third kappa shape index (κ3) is 2.12. The topological polar surface area (TPSA) is 29.5 Å². The van der Waals surface area contributed by atoms with Gasteiger partial charge < -0.3 is 9.84 Å². The van der Waals surface area contributed by atoms with E-state index in [9.17, 15) is 4.39 Å². The predicted molar refractivity (Wildman–Crippen MR) is 54.2 cm³/mol. The van der Waals surface area contributed by atoms with Crippen molar-refractivity contribution in [3.05, 3.63) is 24.0 Å². The molecule has 1 aromatic rings. The van der Waals surface area contributed by atoms with Crippen LogP contribution in [-0.2, 0) is 0 Å². The van der Waals surface area contributed by atoms with Crippen molar-refractivity contribution in [2.45, 2.75) is 18.3 Å². The molecule has 1 aromatic carbocycles. The van der Waals surface area contributed by atoms with Crippen molar-refractivity contribution in [3.63, 3.8) is 0 Å². The molecule has 0 bridgehead atoms. The lowest BCUT2D eigenvalue weighted by molar-refractivity contribution is 0.282. The van der Waals surface area contributed by atoms with E-state index in [0.717, 1.165) is 18.6 Å². The first-order valence-corrected chi connectivity index (χ1v) is 5.57. The van der Waals surface area contributed by atoms with Crippen LogP contribution in [0.1, 0.15) is 12.8 Å². The van der Waals surface area contributed by atoms with Gasteiger partial charge in [-0.3, -0.25) is 0 Å². The van der Waals surface area contributed by atoms with E-state index in [2.05, 4.69) is 0 Å². The largest absolute Gasteiger partial charge is 0.505 e. The Kier molecular flexibility index (Phi) is 2.82. The molecule has 1 unspecified atom stereocenters. The van der Waals surface area contributed by atoms with E-state index in [4.69, 9.17) is 9.84 Å². The predicted octanol–water partition coefficient (Wildman–Crippen LogP) is 2.76. The summed E-state index contributed by atoms with van der Waals surface area (Å²) in [5, 5.41) is 8.97. The molecule has 0 aliphatic carbocycles. The molecule has 2 rings (SSSR count). The van der Waals surface area contributed by atoms with Crippen LogP contribution in [0.25, 0.3) is 0 Å². The van der Waals surface area contributed by atoms with E-state index in [0.29, 0.717) is 5.75 Å². The first-order chi connectivity index (χ1) is 6.75. The van der Waals surface area contributed by atoms with Gasteiger partial charge in [0.15, 0.2) is 11.6 Å². The molecule has 1 aliphatic heterocycles. The molecule has 0 aromatic heterocycles. The third-order valence-electron chi connectivity index (χ3n) is 2.07. The lowest BCUT2D eigenvalue weighted by atomic mass is 10.3. The zero-order valence-electron chi connectivity index (χ0n) is 7.57. The molecule has 14 heavy (non-hydrogen) atoms. The fourth-order valence-electron chi connectivity index (χ4n) is 1.35. The number of ether oxygens (including phenoxy) is 1. The molecule has 1 fully saturated rings. The Morgan fingerprint density at radius 3 is 3.00 bits per heavy atom. The first-order valence-electron chi connectivity index (χ1n) is 4.52. The summed E-state index contributed by atoms with van der Waals surface area (Å²) >= 11 is 1.74. The zero-order chi connectivity index (χ0) is 9.97. The highest BCUT2D eigenvalue weighted by Crippen LogP contribution is 2.30. The van der Waals surface area contributed by atoms with Crippen molar-refractivity contribution in [2.24, 2.45) is 0 Å². The summed E-state index contributed by atoms with van der Waals surface area (Å²) in [6.45, 7) is 0. The summed E-state index contributed by atoms with van der Waals surface area (Å²) in [6, 6.07) is 4.11. The van der Waals surface area contributed by atoms with Crippen LogP contribution in [0, 0.1) is 5.82 Å². The van der Waals surface area contributed by atoms with Crippen LogP contribution in [-0.4, -0.2) is 16.3 Å². The standard InChI is InChI=1S/C10H11FO2S/c11-8-6-7(3-4-9(8)12)13-10-2-1-5-14-10/h3-4,6,10,12H,1-2,5H2. The molecular weight excluding hydrogens is 203 g/mol. The number of rotatable bonds is 2. The minimum atomic E-state index is -0.634. The number of phenolic OH excluding ortho intramolecular Hbond substituents is 1. The number of hydrogen-bond acceptors (Lipinski definition) is 3. The summed E-state index contributed by atoms with van der Waals surface area (Å²) in [6.07, 6.45) is 2.16. The Morgan fingerprint density at radius 1 is 1.50 bits per heavy atom. The number of aromatic hydroxyl groups is 1. The van der Waals surface area contributed by atoms with Crippen LogP contribution < -0.4 is 4.74 Å². The minimum absolute atomic E-state index is 0.138. The normalized spacial score (nSPS) is 21.1. The fraction of sp³-hybridized carbons (Fsp3) is 0.400. The van der Waals surface area contributed by atoms with Crippen LogP contribution in [0.5, 0.6) is 11.5 Å². The summed E-state index contributed by atoms with van der Waals surface area (Å²) < 4.78 is 18.4. The van der Waals surface area contributed by atoms with Gasteiger partial charge in [0.1, 0.15) is 11.2 Å². The highest BCUT2D eigenvalue weighted by atomic mass is 32.2. The lowest BCUT2D eigenvalue weighted by Crippen LogP contribution is -2.07. The maximum Gasteiger partial charge on any atom is 0.168 e. The second-order valence-electron chi connectivity index (χ2n) is 3.17. The van der Waals surface area contributed by atoms with E-state index in [1.807, 2.05) is 0 Å². The van der Waals surface area contributed by atoms with Gasteiger partial charge in [0, 0.05) is 6.07 Å². The van der Waals surface area contributed by atoms with Crippen LogP contribution >= 0.6 is 11.8 Å². The van der Waals surface area contributed by atoms with Gasteiger partial charge in [-0.2, -0.15) is 0 Å². The summed E-state index contributed by atoms with van der Waals surface area (Å²) in [4.78, 5) is 0. The Morgan fingerprint density at radius 2 is 2.36 bits per heavy atom. The van der Waals surface area contributed by atoms with E-state index in [1.54, 1.807) is 17.8 Å². The second-order valence-corrected chi connectivity index (χ2v) is 4.44. The summed E-state index contributed by atoms with van der Waals surface area (Å²) in [7, 11) is 0. The van der Waals surface area contributed by atoms with Crippen LogP contribution in [0.2, 0.25) is 0 Å². The Labute approximate surface area is 86.1 Å². The summed E-state index contributed by atoms with van der Waals surface area (Å²) in [5.74, 6) is 0.618. The van der Waals surface area contributed by atoms with Gasteiger partial charge in [-0.1, -0.05) is 0 Å². The molecule has 2 nitrogen and oxygen atoms in total.